The summed E-state index contributed by atoms with van der Waals surface area (Å²) in [6.07, 6.45) is 0. The molecule has 2 atom stereocenters. The molecule has 182 valence electrons. The van der Waals surface area contributed by atoms with Crippen molar-refractivity contribution in [3.8, 4) is 5.69 Å². The maximum absolute atomic E-state index is 13.9. The topological polar surface area (TPSA) is 79.7 Å². The molecular formula is C28H25BrN4O3. The monoisotopic (exact) mass is 544 g/mol. The lowest BCUT2D eigenvalue weighted by Crippen LogP contribution is -2.31. The molecule has 1 aliphatic heterocycles. The van der Waals surface area contributed by atoms with Crippen molar-refractivity contribution in [2.45, 2.75) is 12.8 Å². The number of aromatic nitrogens is 2. The molecule has 5 rings (SSSR count). The molecule has 0 saturated heterocycles. The Labute approximate surface area is 217 Å². The van der Waals surface area contributed by atoms with E-state index in [1.165, 1.54) is 4.68 Å². The largest absolute Gasteiger partial charge is 0.377 e. The molecule has 0 fully saturated rings. The van der Waals surface area contributed by atoms with Crippen molar-refractivity contribution in [3.05, 3.63) is 116 Å². The number of halogens is 1. The highest BCUT2D eigenvalue weighted by atomic mass is 79.9. The lowest BCUT2D eigenvalue weighted by atomic mass is 9.77. The standard InChI is InChI=1S/C28H25BrN4O3/c1-17-23(27(34)33(30-17)20-12-8-5-9-13-20)24(19-14-15-22(32(2)3)21(29)16-19)25-26(31-36-28(25)35)18-10-6-4-7-11-18/h4-16,24-25,30H,1-3H3. The van der Waals surface area contributed by atoms with Crippen LogP contribution in [0.2, 0.25) is 0 Å². The van der Waals surface area contributed by atoms with Crippen LogP contribution in [0.4, 0.5) is 5.69 Å². The first-order valence-electron chi connectivity index (χ1n) is 11.5. The average Bonchev–Trinajstić information content (AvgIpc) is 3.40. The zero-order chi connectivity index (χ0) is 25.4. The van der Waals surface area contributed by atoms with Crippen molar-refractivity contribution in [1.82, 2.24) is 9.78 Å². The van der Waals surface area contributed by atoms with Gasteiger partial charge in [-0.1, -0.05) is 59.8 Å². The summed E-state index contributed by atoms with van der Waals surface area (Å²) < 4.78 is 2.37. The molecule has 0 saturated carbocycles. The van der Waals surface area contributed by atoms with E-state index in [0.29, 0.717) is 22.7 Å². The van der Waals surface area contributed by atoms with E-state index in [4.69, 9.17) is 4.84 Å². The minimum absolute atomic E-state index is 0.219. The summed E-state index contributed by atoms with van der Waals surface area (Å²) in [7, 11) is 3.92. The molecule has 2 heterocycles. The molecule has 7 nitrogen and oxygen atoms in total. The Morgan fingerprint density at radius 1 is 1.00 bits per heavy atom. The second kappa shape index (κ2) is 9.62. The second-order valence-corrected chi connectivity index (χ2v) is 9.79. The predicted molar refractivity (Wildman–Crippen MR) is 144 cm³/mol. The van der Waals surface area contributed by atoms with Crippen molar-refractivity contribution in [3.63, 3.8) is 0 Å². The van der Waals surface area contributed by atoms with Crippen molar-refractivity contribution >= 4 is 33.3 Å². The smallest absolute Gasteiger partial charge is 0.345 e. The molecule has 36 heavy (non-hydrogen) atoms. The van der Waals surface area contributed by atoms with Gasteiger partial charge in [-0.3, -0.25) is 9.89 Å². The van der Waals surface area contributed by atoms with E-state index < -0.39 is 17.8 Å². The molecule has 8 heteroatoms. The third-order valence-corrected chi connectivity index (χ3v) is 7.08. The average molecular weight is 545 g/mol. The number of oxime groups is 1. The Bertz CT molecular complexity index is 1510. The molecule has 0 aliphatic carbocycles. The Kier molecular flexibility index (Phi) is 6.36. The lowest BCUT2D eigenvalue weighted by Gasteiger charge is -2.24. The number of hydrogen-bond acceptors (Lipinski definition) is 5. The van der Waals surface area contributed by atoms with Gasteiger partial charge in [0, 0.05) is 41.3 Å². The highest BCUT2D eigenvalue weighted by Gasteiger charge is 2.44. The van der Waals surface area contributed by atoms with Gasteiger partial charge in [0.05, 0.1) is 11.4 Å². The second-order valence-electron chi connectivity index (χ2n) is 8.94. The van der Waals surface area contributed by atoms with Gasteiger partial charge in [0.2, 0.25) is 0 Å². The van der Waals surface area contributed by atoms with Gasteiger partial charge in [-0.2, -0.15) is 0 Å². The lowest BCUT2D eigenvalue weighted by molar-refractivity contribution is -0.143. The molecule has 3 aromatic carbocycles. The Hall–Kier alpha value is -3.91. The quantitative estimate of drug-likeness (QED) is 0.346. The fraction of sp³-hybridized carbons (Fsp3) is 0.179. The summed E-state index contributed by atoms with van der Waals surface area (Å²) in [5, 5.41) is 7.37. The number of benzene rings is 3. The number of aromatic amines is 1. The maximum atomic E-state index is 13.9. The number of anilines is 1. The van der Waals surface area contributed by atoms with Gasteiger partial charge in [-0.15, -0.1) is 0 Å². The van der Waals surface area contributed by atoms with Gasteiger partial charge < -0.3 is 9.74 Å². The molecule has 1 aliphatic rings. The summed E-state index contributed by atoms with van der Waals surface area (Å²) in [6, 6.07) is 24.7. The van der Waals surface area contributed by atoms with Gasteiger partial charge in [0.15, 0.2) is 0 Å². The molecular weight excluding hydrogens is 520 g/mol. The zero-order valence-electron chi connectivity index (χ0n) is 20.1. The SMILES string of the molecule is Cc1[nH]n(-c2ccccc2)c(=O)c1C(c1ccc(N(C)C)c(Br)c1)C1C(=O)ON=C1c1ccccc1. The van der Waals surface area contributed by atoms with Crippen LogP contribution in [0, 0.1) is 12.8 Å². The van der Waals surface area contributed by atoms with E-state index >= 15 is 0 Å². The van der Waals surface area contributed by atoms with Crippen molar-refractivity contribution < 1.29 is 9.63 Å². The van der Waals surface area contributed by atoms with Crippen LogP contribution in [0.25, 0.3) is 5.69 Å². The highest BCUT2D eigenvalue weighted by molar-refractivity contribution is 9.10. The fourth-order valence-corrected chi connectivity index (χ4v) is 5.50. The van der Waals surface area contributed by atoms with Crippen LogP contribution in [0.3, 0.4) is 0 Å². The summed E-state index contributed by atoms with van der Waals surface area (Å²) in [5.41, 5.74) is 4.73. The number of rotatable bonds is 6. The first-order chi connectivity index (χ1) is 17.4. The number of aryl methyl sites for hydroxylation is 1. The van der Waals surface area contributed by atoms with E-state index in [9.17, 15) is 9.59 Å². The van der Waals surface area contributed by atoms with Crippen LogP contribution in [-0.4, -0.2) is 35.6 Å². The number of nitrogens with zero attached hydrogens (tertiary/aromatic N) is 3. The number of H-pyrrole nitrogens is 1. The van der Waals surface area contributed by atoms with Crippen LogP contribution < -0.4 is 10.5 Å². The van der Waals surface area contributed by atoms with Crippen LogP contribution in [0.15, 0.2) is 93.3 Å². The summed E-state index contributed by atoms with van der Waals surface area (Å²) in [5.74, 6) is -1.91. The highest BCUT2D eigenvalue weighted by Crippen LogP contribution is 2.40. The van der Waals surface area contributed by atoms with E-state index in [0.717, 1.165) is 21.3 Å². The van der Waals surface area contributed by atoms with E-state index in [2.05, 4.69) is 26.2 Å². The predicted octanol–water partition coefficient (Wildman–Crippen LogP) is 5.01. The summed E-state index contributed by atoms with van der Waals surface area (Å²) >= 11 is 3.67. The van der Waals surface area contributed by atoms with Gasteiger partial charge in [-0.05, 0) is 52.7 Å². The molecule has 1 N–H and O–H groups in total. The zero-order valence-corrected chi connectivity index (χ0v) is 21.7. The molecule has 0 spiro atoms. The van der Waals surface area contributed by atoms with E-state index in [1.807, 2.05) is 105 Å². The number of hydrogen-bond donors (Lipinski definition) is 1. The number of carbonyl (C=O) groups is 1. The van der Waals surface area contributed by atoms with Gasteiger partial charge in [0.1, 0.15) is 11.6 Å². The number of para-hydroxylation sites is 1. The maximum Gasteiger partial charge on any atom is 0.345 e. The van der Waals surface area contributed by atoms with Crippen molar-refractivity contribution in [2.75, 3.05) is 19.0 Å². The third kappa shape index (κ3) is 4.18. The van der Waals surface area contributed by atoms with Crippen molar-refractivity contribution in [2.24, 2.45) is 11.1 Å². The number of nitrogens with one attached hydrogen (secondary N) is 1. The first-order valence-corrected chi connectivity index (χ1v) is 12.3. The minimum atomic E-state index is -0.795. The molecule has 0 amide bonds. The van der Waals surface area contributed by atoms with Gasteiger partial charge in [-0.25, -0.2) is 9.48 Å². The van der Waals surface area contributed by atoms with Gasteiger partial charge >= 0.3 is 5.97 Å². The first kappa shape index (κ1) is 23.8. The number of carbonyl (C=O) groups excluding carboxylic acids is 1. The summed E-state index contributed by atoms with van der Waals surface area (Å²) in [4.78, 5) is 34.3. The van der Waals surface area contributed by atoms with Crippen LogP contribution in [0.5, 0.6) is 0 Å². The van der Waals surface area contributed by atoms with Crippen molar-refractivity contribution in [1.29, 1.82) is 0 Å². The Balaban J connectivity index is 1.73. The fourth-order valence-electron chi connectivity index (χ4n) is 4.74. The van der Waals surface area contributed by atoms with Gasteiger partial charge in [0.25, 0.3) is 5.56 Å². The van der Waals surface area contributed by atoms with E-state index in [-0.39, 0.29) is 5.56 Å². The normalized spacial score (nSPS) is 15.9. The summed E-state index contributed by atoms with van der Waals surface area (Å²) in [6.45, 7) is 1.85. The molecule has 2 unspecified atom stereocenters. The van der Waals surface area contributed by atoms with Crippen LogP contribution in [-0.2, 0) is 9.63 Å². The minimum Gasteiger partial charge on any atom is -0.377 e. The Morgan fingerprint density at radius 3 is 2.31 bits per heavy atom. The molecule has 4 aromatic rings. The van der Waals surface area contributed by atoms with Crippen LogP contribution >= 0.6 is 15.9 Å². The Morgan fingerprint density at radius 2 is 1.67 bits per heavy atom. The third-order valence-electron chi connectivity index (χ3n) is 6.44. The molecule has 0 bridgehead atoms. The van der Waals surface area contributed by atoms with Crippen LogP contribution in [0.1, 0.15) is 28.3 Å². The van der Waals surface area contributed by atoms with E-state index in [1.54, 1.807) is 0 Å². The molecule has 0 radical (unpaired) electrons. The molecule has 1 aromatic heterocycles.